The van der Waals surface area contributed by atoms with Crippen LogP contribution in [0.3, 0.4) is 0 Å². The Hall–Kier alpha value is -2.56. The van der Waals surface area contributed by atoms with Crippen LogP contribution >= 0.6 is 0 Å². The van der Waals surface area contributed by atoms with Crippen LogP contribution in [-0.2, 0) is 13.0 Å². The molecule has 1 aromatic heterocycles. The number of carboxylic acid groups (broad SMARTS) is 1. The molecule has 0 saturated carbocycles. The quantitative estimate of drug-likeness (QED) is 0.890. The molecular weight excluding hydrogens is 258 g/mol. The monoisotopic (exact) mass is 273 g/mol. The summed E-state index contributed by atoms with van der Waals surface area (Å²) in [6.07, 6.45) is 0.438. The fourth-order valence-corrected chi connectivity index (χ4v) is 2.18. The molecule has 0 amide bonds. The standard InChI is InChI=1S/C15H15NO4/c1-10-8-12(17)9-14(18)16(10)7-6-11-4-2-3-5-13(11)15(19)20/h2-5,8-9,17H,6-7H2,1H3,(H,19,20). The van der Waals surface area contributed by atoms with Gasteiger partial charge in [-0.1, -0.05) is 18.2 Å². The van der Waals surface area contributed by atoms with E-state index in [1.54, 1.807) is 31.2 Å². The van der Waals surface area contributed by atoms with E-state index in [2.05, 4.69) is 0 Å². The molecule has 5 heteroatoms. The van der Waals surface area contributed by atoms with Crippen LogP contribution in [0.15, 0.2) is 41.2 Å². The second-order valence-electron chi connectivity index (χ2n) is 4.56. The molecule has 5 nitrogen and oxygen atoms in total. The van der Waals surface area contributed by atoms with Gasteiger partial charge in [-0.3, -0.25) is 4.79 Å². The van der Waals surface area contributed by atoms with Gasteiger partial charge in [-0.25, -0.2) is 4.79 Å². The van der Waals surface area contributed by atoms with E-state index in [9.17, 15) is 14.7 Å². The summed E-state index contributed by atoms with van der Waals surface area (Å²) < 4.78 is 1.51. The van der Waals surface area contributed by atoms with Crippen molar-refractivity contribution in [2.24, 2.45) is 0 Å². The number of aromatic carboxylic acids is 1. The number of rotatable bonds is 4. The molecule has 0 aliphatic rings. The molecule has 0 saturated heterocycles. The SMILES string of the molecule is Cc1cc(O)cc(=O)n1CCc1ccccc1C(=O)O. The molecule has 0 atom stereocenters. The Kier molecular flexibility index (Phi) is 3.89. The Balaban J connectivity index is 2.26. The van der Waals surface area contributed by atoms with Gasteiger partial charge in [0.2, 0.25) is 0 Å². The highest BCUT2D eigenvalue weighted by Crippen LogP contribution is 2.12. The van der Waals surface area contributed by atoms with Crippen molar-refractivity contribution in [3.8, 4) is 5.75 Å². The van der Waals surface area contributed by atoms with Crippen LogP contribution < -0.4 is 5.56 Å². The number of nitrogens with zero attached hydrogens (tertiary/aromatic N) is 1. The summed E-state index contributed by atoms with van der Waals surface area (Å²) in [7, 11) is 0. The number of pyridine rings is 1. The van der Waals surface area contributed by atoms with Crippen LogP contribution in [-0.4, -0.2) is 20.7 Å². The highest BCUT2D eigenvalue weighted by Gasteiger charge is 2.10. The Morgan fingerprint density at radius 1 is 1.25 bits per heavy atom. The normalized spacial score (nSPS) is 10.4. The first kappa shape index (κ1) is 13.9. The fourth-order valence-electron chi connectivity index (χ4n) is 2.18. The third-order valence-corrected chi connectivity index (χ3v) is 3.17. The Bertz CT molecular complexity index is 703. The summed E-state index contributed by atoms with van der Waals surface area (Å²) >= 11 is 0. The fraction of sp³-hybridized carbons (Fsp3) is 0.200. The number of aromatic hydroxyl groups is 1. The molecule has 2 aromatic rings. The molecule has 1 heterocycles. The third-order valence-electron chi connectivity index (χ3n) is 3.17. The lowest BCUT2D eigenvalue weighted by Crippen LogP contribution is -2.22. The topological polar surface area (TPSA) is 79.5 Å². The molecule has 0 spiro atoms. The van der Waals surface area contributed by atoms with Gasteiger partial charge >= 0.3 is 5.97 Å². The second-order valence-corrected chi connectivity index (χ2v) is 4.56. The minimum absolute atomic E-state index is 0.0605. The predicted octanol–water partition coefficient (Wildman–Crippen LogP) is 1.80. The highest BCUT2D eigenvalue weighted by atomic mass is 16.4. The first-order chi connectivity index (χ1) is 9.49. The summed E-state index contributed by atoms with van der Waals surface area (Å²) in [6, 6.07) is 9.38. The smallest absolute Gasteiger partial charge is 0.335 e. The van der Waals surface area contributed by atoms with E-state index in [0.29, 0.717) is 24.2 Å². The molecule has 0 bridgehead atoms. The Labute approximate surface area is 115 Å². The Morgan fingerprint density at radius 2 is 1.95 bits per heavy atom. The van der Waals surface area contributed by atoms with E-state index >= 15 is 0 Å². The molecule has 104 valence electrons. The van der Waals surface area contributed by atoms with Gasteiger partial charge in [0.15, 0.2) is 0 Å². The molecule has 0 aliphatic carbocycles. The number of hydrogen-bond donors (Lipinski definition) is 2. The van der Waals surface area contributed by atoms with E-state index in [1.807, 2.05) is 0 Å². The first-order valence-electron chi connectivity index (χ1n) is 6.20. The molecule has 0 fully saturated rings. The molecule has 0 unspecified atom stereocenters. The van der Waals surface area contributed by atoms with Gasteiger partial charge in [0.25, 0.3) is 5.56 Å². The predicted molar refractivity (Wildman–Crippen MR) is 74.2 cm³/mol. The molecule has 20 heavy (non-hydrogen) atoms. The van der Waals surface area contributed by atoms with Crippen LogP contribution in [0.2, 0.25) is 0 Å². The Morgan fingerprint density at radius 3 is 2.60 bits per heavy atom. The average Bonchev–Trinajstić information content (AvgIpc) is 2.37. The van der Waals surface area contributed by atoms with Gasteiger partial charge in [-0.15, -0.1) is 0 Å². The summed E-state index contributed by atoms with van der Waals surface area (Å²) in [5.41, 5.74) is 1.27. The zero-order valence-electron chi connectivity index (χ0n) is 11.0. The highest BCUT2D eigenvalue weighted by molar-refractivity contribution is 5.89. The van der Waals surface area contributed by atoms with Crippen LogP contribution in [0.5, 0.6) is 5.75 Å². The zero-order chi connectivity index (χ0) is 14.7. The van der Waals surface area contributed by atoms with Crippen molar-refractivity contribution in [2.45, 2.75) is 19.9 Å². The van der Waals surface area contributed by atoms with Crippen molar-refractivity contribution in [1.29, 1.82) is 0 Å². The number of hydrogen-bond acceptors (Lipinski definition) is 3. The lowest BCUT2D eigenvalue weighted by atomic mass is 10.0. The summed E-state index contributed by atoms with van der Waals surface area (Å²) in [4.78, 5) is 22.9. The van der Waals surface area contributed by atoms with Gasteiger partial charge in [0.05, 0.1) is 5.56 Å². The van der Waals surface area contributed by atoms with Crippen LogP contribution in [0.25, 0.3) is 0 Å². The van der Waals surface area contributed by atoms with E-state index in [4.69, 9.17) is 5.11 Å². The molecule has 2 N–H and O–H groups in total. The van der Waals surface area contributed by atoms with E-state index < -0.39 is 5.97 Å². The number of carboxylic acids is 1. The number of aromatic nitrogens is 1. The number of benzene rings is 1. The minimum atomic E-state index is -0.977. The van der Waals surface area contributed by atoms with E-state index in [1.165, 1.54) is 10.6 Å². The largest absolute Gasteiger partial charge is 0.508 e. The van der Waals surface area contributed by atoms with E-state index in [0.717, 1.165) is 6.07 Å². The van der Waals surface area contributed by atoms with Gasteiger partial charge in [-0.2, -0.15) is 0 Å². The maximum Gasteiger partial charge on any atom is 0.335 e. The zero-order valence-corrected chi connectivity index (χ0v) is 11.0. The average molecular weight is 273 g/mol. The van der Waals surface area contributed by atoms with Crippen molar-refractivity contribution in [3.05, 3.63) is 63.6 Å². The number of carbonyl (C=O) groups is 1. The van der Waals surface area contributed by atoms with E-state index in [-0.39, 0.29) is 16.9 Å². The summed E-state index contributed by atoms with van der Waals surface area (Å²) in [5, 5.41) is 18.4. The van der Waals surface area contributed by atoms with Crippen molar-refractivity contribution in [2.75, 3.05) is 0 Å². The minimum Gasteiger partial charge on any atom is -0.508 e. The van der Waals surface area contributed by atoms with Crippen LogP contribution in [0.1, 0.15) is 21.6 Å². The number of aryl methyl sites for hydroxylation is 2. The lowest BCUT2D eigenvalue weighted by molar-refractivity contribution is 0.0695. The summed E-state index contributed by atoms with van der Waals surface area (Å²) in [5.74, 6) is -1.04. The van der Waals surface area contributed by atoms with Gasteiger partial charge in [-0.05, 0) is 31.0 Å². The maximum absolute atomic E-state index is 11.8. The summed E-state index contributed by atoms with van der Waals surface area (Å²) in [6.45, 7) is 2.10. The van der Waals surface area contributed by atoms with Crippen molar-refractivity contribution in [1.82, 2.24) is 4.57 Å². The maximum atomic E-state index is 11.8. The van der Waals surface area contributed by atoms with Crippen molar-refractivity contribution < 1.29 is 15.0 Å². The van der Waals surface area contributed by atoms with Crippen molar-refractivity contribution in [3.63, 3.8) is 0 Å². The third kappa shape index (κ3) is 2.88. The molecule has 0 radical (unpaired) electrons. The first-order valence-corrected chi connectivity index (χ1v) is 6.20. The van der Waals surface area contributed by atoms with Crippen LogP contribution in [0.4, 0.5) is 0 Å². The van der Waals surface area contributed by atoms with Gasteiger partial charge in [0.1, 0.15) is 5.75 Å². The lowest BCUT2D eigenvalue weighted by Gasteiger charge is -2.11. The van der Waals surface area contributed by atoms with Gasteiger partial charge < -0.3 is 14.8 Å². The molecule has 2 rings (SSSR count). The van der Waals surface area contributed by atoms with Gasteiger partial charge in [0, 0.05) is 18.3 Å². The van der Waals surface area contributed by atoms with Crippen molar-refractivity contribution >= 4 is 5.97 Å². The second kappa shape index (κ2) is 5.61. The van der Waals surface area contributed by atoms with Crippen LogP contribution in [0, 0.1) is 6.92 Å². The molecule has 0 aliphatic heterocycles. The molecular formula is C15H15NO4. The molecule has 1 aromatic carbocycles.